The number of benzene rings is 3. The van der Waals surface area contributed by atoms with Gasteiger partial charge in [0.25, 0.3) is 5.78 Å². The number of hydrogen-bond acceptors (Lipinski definition) is 8. The molecule has 1 aliphatic heterocycles. The number of rotatable bonds is 10. The van der Waals surface area contributed by atoms with Gasteiger partial charge in [0.1, 0.15) is 17.3 Å². The number of aromatic nitrogens is 2. The van der Waals surface area contributed by atoms with Crippen molar-refractivity contribution in [3.63, 3.8) is 0 Å². The van der Waals surface area contributed by atoms with Crippen molar-refractivity contribution in [1.82, 2.24) is 10.2 Å². The van der Waals surface area contributed by atoms with Gasteiger partial charge in [-0.25, -0.2) is 4.39 Å². The highest BCUT2D eigenvalue weighted by atomic mass is 32.2. The molecule has 0 bridgehead atoms. The van der Waals surface area contributed by atoms with Crippen LogP contribution < -0.4 is 9.64 Å². The Labute approximate surface area is 245 Å². The van der Waals surface area contributed by atoms with Gasteiger partial charge in [-0.15, -0.1) is 10.2 Å². The molecule has 210 valence electrons. The van der Waals surface area contributed by atoms with E-state index in [0.717, 1.165) is 18.4 Å². The van der Waals surface area contributed by atoms with Gasteiger partial charge in [-0.2, -0.15) is 0 Å². The van der Waals surface area contributed by atoms with Gasteiger partial charge in [-0.3, -0.25) is 14.5 Å². The Hall–Kier alpha value is -4.02. The molecule has 1 unspecified atom stereocenters. The highest BCUT2D eigenvalue weighted by molar-refractivity contribution is 8.00. The Kier molecular flexibility index (Phi) is 8.80. The van der Waals surface area contributed by atoms with E-state index in [0.29, 0.717) is 28.0 Å². The summed E-state index contributed by atoms with van der Waals surface area (Å²) in [5.74, 6) is -1.33. The summed E-state index contributed by atoms with van der Waals surface area (Å²) in [7, 11) is 0. The number of ether oxygens (including phenoxy) is 1. The summed E-state index contributed by atoms with van der Waals surface area (Å²) in [6, 6.07) is 19.4. The summed E-state index contributed by atoms with van der Waals surface area (Å²) < 4.78 is 20.1. The number of aryl methyl sites for hydroxylation is 1. The second-order valence-corrected chi connectivity index (χ2v) is 11.8. The number of ketones is 1. The van der Waals surface area contributed by atoms with E-state index in [4.69, 9.17) is 4.74 Å². The van der Waals surface area contributed by atoms with Gasteiger partial charge in [0.05, 0.1) is 18.2 Å². The van der Waals surface area contributed by atoms with Crippen LogP contribution in [0.5, 0.6) is 5.75 Å². The average Bonchev–Trinajstić information content (AvgIpc) is 3.55. The SMILES string of the molecule is CCCCOc1cccc(C2C(=C(O)c3ccc(F)cc3)C(=O)C(=O)N2c2nnc(SCc3ccc(C)cc3)s2)c1. The van der Waals surface area contributed by atoms with E-state index in [1.165, 1.54) is 57.8 Å². The third kappa shape index (κ3) is 6.34. The lowest BCUT2D eigenvalue weighted by Gasteiger charge is -2.23. The minimum atomic E-state index is -0.988. The van der Waals surface area contributed by atoms with Gasteiger partial charge >= 0.3 is 5.91 Å². The van der Waals surface area contributed by atoms with Crippen molar-refractivity contribution in [2.24, 2.45) is 0 Å². The Morgan fingerprint density at radius 1 is 1.07 bits per heavy atom. The van der Waals surface area contributed by atoms with Gasteiger partial charge in [-0.05, 0) is 60.9 Å². The summed E-state index contributed by atoms with van der Waals surface area (Å²) in [5, 5.41) is 20.0. The molecule has 7 nitrogen and oxygen atoms in total. The largest absolute Gasteiger partial charge is 0.507 e. The molecule has 1 amide bonds. The molecule has 0 aliphatic carbocycles. The molecular weight excluding hydrogens is 561 g/mol. The van der Waals surface area contributed by atoms with Crippen LogP contribution in [-0.2, 0) is 15.3 Å². The lowest BCUT2D eigenvalue weighted by Crippen LogP contribution is -2.29. The van der Waals surface area contributed by atoms with E-state index in [-0.39, 0.29) is 16.3 Å². The number of thioether (sulfide) groups is 1. The zero-order chi connectivity index (χ0) is 28.9. The van der Waals surface area contributed by atoms with Crippen LogP contribution in [0.3, 0.4) is 0 Å². The number of halogens is 1. The smallest absolute Gasteiger partial charge is 0.301 e. The number of Topliss-reactive ketones (excluding diaryl/α,β-unsaturated/α-hetero) is 1. The normalized spacial score (nSPS) is 16.4. The quantitative estimate of drug-likeness (QED) is 0.0528. The summed E-state index contributed by atoms with van der Waals surface area (Å²) in [6.07, 6.45) is 1.85. The van der Waals surface area contributed by atoms with E-state index in [2.05, 4.69) is 17.1 Å². The lowest BCUT2D eigenvalue weighted by atomic mass is 9.95. The predicted octanol–water partition coefficient (Wildman–Crippen LogP) is 7.08. The topological polar surface area (TPSA) is 92.6 Å². The minimum absolute atomic E-state index is 0.114. The first kappa shape index (κ1) is 28.5. The molecule has 3 aromatic carbocycles. The van der Waals surface area contributed by atoms with E-state index >= 15 is 0 Å². The number of carbonyl (C=O) groups excluding carboxylic acids is 2. The molecule has 1 fully saturated rings. The molecule has 41 heavy (non-hydrogen) atoms. The third-order valence-corrected chi connectivity index (χ3v) is 8.71. The van der Waals surface area contributed by atoms with Crippen LogP contribution in [0.15, 0.2) is 82.7 Å². The van der Waals surface area contributed by atoms with Crippen LogP contribution >= 0.6 is 23.1 Å². The van der Waals surface area contributed by atoms with Crippen LogP contribution in [-0.4, -0.2) is 33.6 Å². The zero-order valence-electron chi connectivity index (χ0n) is 22.5. The number of hydrogen-bond donors (Lipinski definition) is 1. The van der Waals surface area contributed by atoms with E-state index in [1.54, 1.807) is 24.3 Å². The van der Waals surface area contributed by atoms with Crippen molar-refractivity contribution >= 4 is 45.7 Å². The molecule has 1 aromatic heterocycles. The van der Waals surface area contributed by atoms with Crippen LogP contribution in [0.4, 0.5) is 9.52 Å². The highest BCUT2D eigenvalue weighted by Crippen LogP contribution is 2.44. The first-order valence-corrected chi connectivity index (χ1v) is 15.0. The molecule has 2 heterocycles. The monoisotopic (exact) mass is 589 g/mol. The Morgan fingerprint density at radius 3 is 2.56 bits per heavy atom. The van der Waals surface area contributed by atoms with Gasteiger partial charge in [0, 0.05) is 11.3 Å². The zero-order valence-corrected chi connectivity index (χ0v) is 24.2. The number of amides is 1. The molecule has 1 aliphatic rings. The Morgan fingerprint density at radius 2 is 1.83 bits per heavy atom. The van der Waals surface area contributed by atoms with Gasteiger partial charge in [-0.1, -0.05) is 78.4 Å². The fraction of sp³-hybridized carbons (Fsp3) is 0.226. The molecule has 5 rings (SSSR count). The number of carbonyl (C=O) groups is 2. The van der Waals surface area contributed by atoms with Crippen molar-refractivity contribution in [2.75, 3.05) is 11.5 Å². The second-order valence-electron chi connectivity index (χ2n) is 9.58. The van der Waals surface area contributed by atoms with Crippen LogP contribution in [0, 0.1) is 12.7 Å². The number of aliphatic hydroxyl groups is 1. The molecule has 0 radical (unpaired) electrons. The fourth-order valence-corrected chi connectivity index (χ4v) is 6.23. The molecule has 10 heteroatoms. The first-order valence-electron chi connectivity index (χ1n) is 13.2. The van der Waals surface area contributed by atoms with Crippen LogP contribution in [0.1, 0.15) is 48.1 Å². The van der Waals surface area contributed by atoms with E-state index in [9.17, 15) is 19.1 Å². The third-order valence-electron chi connectivity index (χ3n) is 6.59. The van der Waals surface area contributed by atoms with Crippen LogP contribution in [0.25, 0.3) is 5.76 Å². The van der Waals surface area contributed by atoms with Crippen molar-refractivity contribution in [1.29, 1.82) is 0 Å². The fourth-order valence-electron chi connectivity index (χ4n) is 4.40. The van der Waals surface area contributed by atoms with Gasteiger partial charge in [0.2, 0.25) is 5.13 Å². The molecule has 1 saturated heterocycles. The van der Waals surface area contributed by atoms with E-state index < -0.39 is 29.3 Å². The van der Waals surface area contributed by atoms with Crippen molar-refractivity contribution < 1.29 is 23.8 Å². The molecule has 4 aromatic rings. The summed E-state index contributed by atoms with van der Waals surface area (Å²) in [4.78, 5) is 28.2. The van der Waals surface area contributed by atoms with E-state index in [1.807, 2.05) is 31.2 Å². The minimum Gasteiger partial charge on any atom is -0.507 e. The molecule has 0 spiro atoms. The summed E-state index contributed by atoms with van der Waals surface area (Å²) in [5.41, 5.74) is 2.96. The molecule has 1 N–H and O–H groups in total. The highest BCUT2D eigenvalue weighted by Gasteiger charge is 2.48. The average molecular weight is 590 g/mol. The standard InChI is InChI=1S/C31H28FN3O4S2/c1-3-4-16-39-24-7-5-6-22(17-24)26-25(27(36)21-12-14-23(32)15-13-21)28(37)29(38)35(26)30-33-34-31(41-30)40-18-20-10-8-19(2)9-11-20/h5-15,17,26,36H,3-4,16,18H2,1-2H3. The molecular formula is C31H28FN3O4S2. The van der Waals surface area contributed by atoms with Crippen molar-refractivity contribution in [2.45, 2.75) is 42.8 Å². The molecule has 0 saturated carbocycles. The Bertz CT molecular complexity index is 1590. The maximum atomic E-state index is 13.6. The number of unbranched alkanes of at least 4 members (excludes halogenated alkanes) is 1. The number of aliphatic hydroxyl groups excluding tert-OH is 1. The maximum Gasteiger partial charge on any atom is 0.301 e. The van der Waals surface area contributed by atoms with Gasteiger partial charge < -0.3 is 9.84 Å². The van der Waals surface area contributed by atoms with Crippen molar-refractivity contribution in [3.05, 3.63) is 106 Å². The van der Waals surface area contributed by atoms with Crippen molar-refractivity contribution in [3.8, 4) is 5.75 Å². The Balaban J connectivity index is 1.53. The lowest BCUT2D eigenvalue weighted by molar-refractivity contribution is -0.132. The first-order chi connectivity index (χ1) is 19.9. The number of nitrogens with zero attached hydrogens (tertiary/aromatic N) is 3. The summed E-state index contributed by atoms with van der Waals surface area (Å²) >= 11 is 2.68. The maximum absolute atomic E-state index is 13.6. The summed E-state index contributed by atoms with van der Waals surface area (Å²) in [6.45, 7) is 4.62. The number of anilines is 1. The van der Waals surface area contributed by atoms with Crippen LogP contribution in [0.2, 0.25) is 0 Å². The predicted molar refractivity (Wildman–Crippen MR) is 159 cm³/mol. The molecule has 1 atom stereocenters. The second kappa shape index (κ2) is 12.7. The van der Waals surface area contributed by atoms with Gasteiger partial charge in [0.15, 0.2) is 4.34 Å².